The number of aliphatic carboxylic acids is 1. The molecule has 0 atom stereocenters. The Morgan fingerprint density at radius 2 is 2.08 bits per heavy atom. The van der Waals surface area contributed by atoms with Crippen LogP contribution in [0.2, 0.25) is 0 Å². The topological polar surface area (TPSA) is 97.8 Å². The number of carbonyl (C=O) groups is 2. The molecule has 1 amide bonds. The van der Waals surface area contributed by atoms with Gasteiger partial charge in [-0.1, -0.05) is 0 Å². The molecule has 25 heavy (non-hydrogen) atoms. The molecule has 1 aliphatic heterocycles. The first-order valence-corrected chi connectivity index (χ1v) is 8.76. The Kier molecular flexibility index (Phi) is 3.84. The fourth-order valence-electron chi connectivity index (χ4n) is 3.08. The highest BCUT2D eigenvalue weighted by atomic mass is 32.1. The summed E-state index contributed by atoms with van der Waals surface area (Å²) in [6.07, 6.45) is 3.79. The van der Waals surface area contributed by atoms with Gasteiger partial charge in [0.1, 0.15) is 9.88 Å². The van der Waals surface area contributed by atoms with Crippen molar-refractivity contribution in [2.24, 2.45) is 0 Å². The molecule has 1 aliphatic carbocycles. The smallest absolute Gasteiger partial charge is 0.305 e. The van der Waals surface area contributed by atoms with Crippen LogP contribution in [0, 0.1) is 0 Å². The van der Waals surface area contributed by atoms with Crippen LogP contribution in [0.3, 0.4) is 0 Å². The molecule has 1 fully saturated rings. The average molecular weight is 360 g/mol. The van der Waals surface area contributed by atoms with Crippen molar-refractivity contribution in [1.82, 2.24) is 10.3 Å². The van der Waals surface area contributed by atoms with Crippen molar-refractivity contribution in [3.8, 4) is 22.1 Å². The number of carbonyl (C=O) groups excluding carboxylic acids is 1. The molecule has 1 aromatic carbocycles. The molecule has 2 N–H and O–H groups in total. The number of rotatable bonds is 5. The van der Waals surface area contributed by atoms with E-state index in [0.717, 1.165) is 12.0 Å². The van der Waals surface area contributed by atoms with Gasteiger partial charge in [0.05, 0.1) is 18.2 Å². The highest BCUT2D eigenvalue weighted by Gasteiger charge is 2.40. The van der Waals surface area contributed by atoms with Gasteiger partial charge in [0.25, 0.3) is 5.91 Å². The van der Waals surface area contributed by atoms with Crippen molar-refractivity contribution >= 4 is 23.2 Å². The average Bonchev–Trinajstić information content (AvgIpc) is 3.20. The zero-order chi connectivity index (χ0) is 17.4. The predicted octanol–water partition coefficient (Wildman–Crippen LogP) is 2.67. The number of carboxylic acids is 1. The van der Waals surface area contributed by atoms with Crippen molar-refractivity contribution in [2.75, 3.05) is 6.79 Å². The molecule has 0 spiro atoms. The zero-order valence-electron chi connectivity index (χ0n) is 13.3. The number of hydrogen-bond acceptors (Lipinski definition) is 6. The molecule has 0 unspecified atom stereocenters. The van der Waals surface area contributed by atoms with E-state index in [9.17, 15) is 9.59 Å². The van der Waals surface area contributed by atoms with E-state index in [1.807, 2.05) is 18.2 Å². The summed E-state index contributed by atoms with van der Waals surface area (Å²) in [5, 5.41) is 12.6. The summed E-state index contributed by atoms with van der Waals surface area (Å²) in [5.41, 5.74) is 0.225. The van der Waals surface area contributed by atoms with Crippen LogP contribution in [0.1, 0.15) is 35.4 Å². The molecule has 1 aromatic heterocycles. The SMILES string of the molecule is O=C(O)CC1(NC(=O)c2cnc(-c3ccc4c(c3)OCO4)s2)CCC1. The highest BCUT2D eigenvalue weighted by Crippen LogP contribution is 2.38. The lowest BCUT2D eigenvalue weighted by molar-refractivity contribution is -0.139. The summed E-state index contributed by atoms with van der Waals surface area (Å²) in [7, 11) is 0. The molecule has 2 heterocycles. The van der Waals surface area contributed by atoms with E-state index >= 15 is 0 Å². The monoisotopic (exact) mass is 360 g/mol. The number of amides is 1. The van der Waals surface area contributed by atoms with Gasteiger partial charge in [-0.05, 0) is 37.5 Å². The molecule has 0 saturated heterocycles. The maximum absolute atomic E-state index is 12.5. The quantitative estimate of drug-likeness (QED) is 0.851. The fourth-order valence-corrected chi connectivity index (χ4v) is 3.89. The number of aromatic nitrogens is 1. The van der Waals surface area contributed by atoms with Crippen LogP contribution < -0.4 is 14.8 Å². The van der Waals surface area contributed by atoms with E-state index in [4.69, 9.17) is 14.6 Å². The van der Waals surface area contributed by atoms with Gasteiger partial charge in [-0.3, -0.25) is 9.59 Å². The third-order valence-electron chi connectivity index (χ3n) is 4.53. The second-order valence-electron chi connectivity index (χ2n) is 6.26. The van der Waals surface area contributed by atoms with Gasteiger partial charge in [-0.25, -0.2) is 4.98 Å². The van der Waals surface area contributed by atoms with Crippen LogP contribution in [0.4, 0.5) is 0 Å². The summed E-state index contributed by atoms with van der Waals surface area (Å²) < 4.78 is 10.6. The summed E-state index contributed by atoms with van der Waals surface area (Å²) in [6, 6.07) is 5.52. The van der Waals surface area contributed by atoms with Crippen LogP contribution in [0.25, 0.3) is 10.6 Å². The van der Waals surface area contributed by atoms with Gasteiger partial charge >= 0.3 is 5.97 Å². The molecule has 0 radical (unpaired) electrons. The second-order valence-corrected chi connectivity index (χ2v) is 7.29. The fraction of sp³-hybridized carbons (Fsp3) is 0.353. The van der Waals surface area contributed by atoms with Crippen LogP contribution in [-0.2, 0) is 4.79 Å². The molecular weight excluding hydrogens is 344 g/mol. The van der Waals surface area contributed by atoms with E-state index in [1.165, 1.54) is 17.5 Å². The van der Waals surface area contributed by atoms with Gasteiger partial charge in [0.2, 0.25) is 6.79 Å². The van der Waals surface area contributed by atoms with E-state index in [0.29, 0.717) is 34.2 Å². The first-order chi connectivity index (χ1) is 12.0. The lowest BCUT2D eigenvalue weighted by atomic mass is 9.74. The molecule has 2 aliphatic rings. The van der Waals surface area contributed by atoms with Crippen LogP contribution >= 0.6 is 11.3 Å². The van der Waals surface area contributed by atoms with Gasteiger partial charge < -0.3 is 19.9 Å². The first kappa shape index (κ1) is 15.9. The summed E-state index contributed by atoms with van der Waals surface area (Å²) in [4.78, 5) is 28.3. The highest BCUT2D eigenvalue weighted by molar-refractivity contribution is 7.16. The molecule has 0 bridgehead atoms. The van der Waals surface area contributed by atoms with Gasteiger partial charge in [-0.2, -0.15) is 0 Å². The molecule has 2 aromatic rings. The molecule has 8 heteroatoms. The Balaban J connectivity index is 1.51. The Morgan fingerprint density at radius 1 is 1.28 bits per heavy atom. The molecule has 4 rings (SSSR count). The maximum Gasteiger partial charge on any atom is 0.305 e. The van der Waals surface area contributed by atoms with Gasteiger partial charge in [0, 0.05) is 5.56 Å². The maximum atomic E-state index is 12.5. The molecule has 7 nitrogen and oxygen atoms in total. The molecule has 130 valence electrons. The lowest BCUT2D eigenvalue weighted by Gasteiger charge is -2.41. The Bertz CT molecular complexity index is 843. The minimum atomic E-state index is -0.898. The first-order valence-electron chi connectivity index (χ1n) is 7.95. The molecular formula is C17H16N2O5S. The number of hydrogen-bond donors (Lipinski definition) is 2. The van der Waals surface area contributed by atoms with Gasteiger partial charge in [-0.15, -0.1) is 11.3 Å². The third kappa shape index (κ3) is 3.05. The van der Waals surface area contributed by atoms with Crippen LogP contribution in [0.5, 0.6) is 11.5 Å². The van der Waals surface area contributed by atoms with E-state index < -0.39 is 11.5 Å². The normalized spacial score (nSPS) is 17.0. The van der Waals surface area contributed by atoms with Crippen molar-refractivity contribution in [3.05, 3.63) is 29.3 Å². The minimum absolute atomic E-state index is 0.0490. The standard InChI is InChI=1S/C17H16N2O5S/c20-14(21)7-17(4-1-5-17)19-15(22)13-8-18-16(25-13)10-2-3-11-12(6-10)24-9-23-11/h2-3,6,8H,1,4-5,7,9H2,(H,19,22)(H,20,21). The Hall–Kier alpha value is -2.61. The number of carboxylic acid groups (broad SMARTS) is 1. The number of ether oxygens (including phenoxy) is 2. The summed E-state index contributed by atoms with van der Waals surface area (Å²) in [5.74, 6) is 0.184. The Morgan fingerprint density at radius 3 is 2.80 bits per heavy atom. The number of fused-ring (bicyclic) bond motifs is 1. The Labute approximate surface area is 147 Å². The van der Waals surface area contributed by atoms with E-state index in [-0.39, 0.29) is 19.1 Å². The zero-order valence-corrected chi connectivity index (χ0v) is 14.1. The van der Waals surface area contributed by atoms with Gasteiger partial charge in [0.15, 0.2) is 11.5 Å². The minimum Gasteiger partial charge on any atom is -0.481 e. The van der Waals surface area contributed by atoms with E-state index in [1.54, 1.807) is 0 Å². The number of benzene rings is 1. The summed E-state index contributed by atoms with van der Waals surface area (Å²) in [6.45, 7) is 0.204. The van der Waals surface area contributed by atoms with Crippen molar-refractivity contribution < 1.29 is 24.2 Å². The van der Waals surface area contributed by atoms with E-state index in [2.05, 4.69) is 10.3 Å². The largest absolute Gasteiger partial charge is 0.481 e. The van der Waals surface area contributed by atoms with Crippen molar-refractivity contribution in [2.45, 2.75) is 31.2 Å². The van der Waals surface area contributed by atoms with Crippen molar-refractivity contribution in [1.29, 1.82) is 0 Å². The number of nitrogens with zero attached hydrogens (tertiary/aromatic N) is 1. The van der Waals surface area contributed by atoms with Crippen LogP contribution in [-0.4, -0.2) is 34.3 Å². The number of nitrogens with one attached hydrogen (secondary N) is 1. The third-order valence-corrected chi connectivity index (χ3v) is 5.57. The lowest BCUT2D eigenvalue weighted by Crippen LogP contribution is -2.54. The second kappa shape index (κ2) is 6.03. The van der Waals surface area contributed by atoms with Crippen molar-refractivity contribution in [3.63, 3.8) is 0 Å². The predicted molar refractivity (Wildman–Crippen MR) is 90.0 cm³/mol. The summed E-state index contributed by atoms with van der Waals surface area (Å²) >= 11 is 1.27. The number of thiazole rings is 1. The van der Waals surface area contributed by atoms with Crippen LogP contribution in [0.15, 0.2) is 24.4 Å². The molecule has 1 saturated carbocycles.